The maximum Gasteiger partial charge on any atom is 0.155 e. The molecule has 7 rings (SSSR count). The molecule has 2 atom stereocenters. The average molecular weight is 350 g/mol. The lowest BCUT2D eigenvalue weighted by Crippen LogP contribution is -2.52. The lowest BCUT2D eigenvalue weighted by molar-refractivity contribution is 0.645. The quantitative estimate of drug-likeness (QED) is 0.705. The van der Waals surface area contributed by atoms with Crippen LogP contribution in [0.4, 0.5) is 11.6 Å². The number of pyridine rings is 2. The highest BCUT2D eigenvalue weighted by Crippen LogP contribution is 2.37. The summed E-state index contributed by atoms with van der Waals surface area (Å²) in [6, 6.07) is 5.51. The molecule has 4 heteroatoms. The van der Waals surface area contributed by atoms with Crippen LogP contribution in [0.1, 0.15) is 30.4 Å². The van der Waals surface area contributed by atoms with E-state index in [2.05, 4.69) is 70.8 Å². The van der Waals surface area contributed by atoms with E-state index in [1.807, 2.05) is 0 Å². The zero-order valence-electron chi connectivity index (χ0n) is 14.8. The van der Waals surface area contributed by atoms with Gasteiger partial charge >= 0.3 is 0 Å². The van der Waals surface area contributed by atoms with E-state index in [1.165, 1.54) is 21.6 Å². The SMILES string of the molecule is C1=Cc2cc3c(nc2=C1)N1[C@H](CC=3)C[C@@H]2CC=c3cc4c(nc3N21)=CC=C4. The molecule has 0 saturated carbocycles. The molecule has 2 aromatic rings. The highest BCUT2D eigenvalue weighted by Gasteiger charge is 2.43. The molecule has 0 aromatic carbocycles. The van der Waals surface area contributed by atoms with Gasteiger partial charge in [-0.25, -0.2) is 9.97 Å². The molecule has 1 fully saturated rings. The summed E-state index contributed by atoms with van der Waals surface area (Å²) in [6.07, 6.45) is 20.7. The summed E-state index contributed by atoms with van der Waals surface area (Å²) in [7, 11) is 0. The zero-order valence-corrected chi connectivity index (χ0v) is 14.8. The fraction of sp³-hybridized carbons (Fsp3) is 0.217. The van der Waals surface area contributed by atoms with Crippen molar-refractivity contribution in [2.24, 2.45) is 0 Å². The van der Waals surface area contributed by atoms with Crippen LogP contribution in [0.3, 0.4) is 0 Å². The maximum atomic E-state index is 5.05. The van der Waals surface area contributed by atoms with Crippen molar-refractivity contribution in [1.82, 2.24) is 9.97 Å². The zero-order chi connectivity index (χ0) is 17.5. The molecule has 2 aliphatic carbocycles. The summed E-state index contributed by atoms with van der Waals surface area (Å²) in [6.45, 7) is 0. The molecule has 5 aliphatic rings. The van der Waals surface area contributed by atoms with Crippen molar-refractivity contribution in [3.63, 3.8) is 0 Å². The Labute approximate surface area is 156 Å². The van der Waals surface area contributed by atoms with Crippen molar-refractivity contribution in [1.29, 1.82) is 0 Å². The van der Waals surface area contributed by atoms with E-state index in [0.29, 0.717) is 12.1 Å². The summed E-state index contributed by atoms with van der Waals surface area (Å²) in [4.78, 5) is 10.1. The Morgan fingerprint density at radius 3 is 1.78 bits per heavy atom. The van der Waals surface area contributed by atoms with E-state index in [9.17, 15) is 0 Å². The van der Waals surface area contributed by atoms with Gasteiger partial charge in [-0.2, -0.15) is 0 Å². The second kappa shape index (κ2) is 4.77. The van der Waals surface area contributed by atoms with Crippen LogP contribution in [0.2, 0.25) is 0 Å². The lowest BCUT2D eigenvalue weighted by Gasteiger charge is -2.39. The first-order valence-corrected chi connectivity index (χ1v) is 9.73. The lowest BCUT2D eigenvalue weighted by atomic mass is 9.99. The highest BCUT2D eigenvalue weighted by atomic mass is 15.7. The number of hydrogen-bond acceptors (Lipinski definition) is 4. The standard InChI is InChI=1S/C23H18N4/c1-3-14-11-16-7-9-18-13-19-10-8-17-12-15-4-2-6-21(15)25-23(17)27(19)26(18)22(16)24-20(14)5-1/h1-8,11-12,18-19H,9-10,13H2/t18-,19+. The molecule has 0 bridgehead atoms. The van der Waals surface area contributed by atoms with Crippen LogP contribution in [-0.4, -0.2) is 22.1 Å². The normalized spacial score (nSPS) is 24.6. The first kappa shape index (κ1) is 14.0. The largest absolute Gasteiger partial charge is 0.262 e. The van der Waals surface area contributed by atoms with Gasteiger partial charge in [-0.3, -0.25) is 10.0 Å². The second-order valence-electron chi connectivity index (χ2n) is 7.92. The molecule has 130 valence electrons. The molecule has 0 unspecified atom stereocenters. The number of fused-ring (bicyclic) bond motifs is 9. The topological polar surface area (TPSA) is 32.3 Å². The van der Waals surface area contributed by atoms with Gasteiger partial charge in [-0.05, 0) is 43.5 Å². The van der Waals surface area contributed by atoms with Gasteiger partial charge in [0.15, 0.2) is 11.6 Å². The molecule has 3 aliphatic heterocycles. The van der Waals surface area contributed by atoms with Crippen LogP contribution in [0, 0.1) is 0 Å². The van der Waals surface area contributed by atoms with E-state index in [1.54, 1.807) is 0 Å². The number of rotatable bonds is 0. The fourth-order valence-electron chi connectivity index (χ4n) is 5.12. The first-order valence-electron chi connectivity index (χ1n) is 9.73. The van der Waals surface area contributed by atoms with Crippen LogP contribution in [-0.2, 0) is 0 Å². The van der Waals surface area contributed by atoms with Gasteiger partial charge < -0.3 is 0 Å². The minimum absolute atomic E-state index is 0.471. The van der Waals surface area contributed by atoms with Gasteiger partial charge in [0, 0.05) is 21.6 Å². The molecule has 1 saturated heterocycles. The number of aromatic nitrogens is 2. The Bertz CT molecular complexity index is 1230. The highest BCUT2D eigenvalue weighted by molar-refractivity contribution is 5.72. The molecule has 27 heavy (non-hydrogen) atoms. The van der Waals surface area contributed by atoms with Crippen molar-refractivity contribution in [3.8, 4) is 0 Å². The number of nitrogens with zero attached hydrogens (tertiary/aromatic N) is 4. The van der Waals surface area contributed by atoms with Gasteiger partial charge in [-0.15, -0.1) is 0 Å². The van der Waals surface area contributed by atoms with E-state index < -0.39 is 0 Å². The third-order valence-corrected chi connectivity index (χ3v) is 6.36. The van der Waals surface area contributed by atoms with Gasteiger partial charge in [-0.1, -0.05) is 36.5 Å². The molecule has 0 amide bonds. The van der Waals surface area contributed by atoms with Gasteiger partial charge in [0.2, 0.25) is 0 Å². The summed E-state index contributed by atoms with van der Waals surface area (Å²) in [5.41, 5.74) is 2.45. The Kier molecular flexibility index (Phi) is 2.47. The Hall–Kier alpha value is -3.14. The Morgan fingerprint density at radius 2 is 1.26 bits per heavy atom. The van der Waals surface area contributed by atoms with Crippen LogP contribution in [0.15, 0.2) is 24.3 Å². The molecular formula is C23H18N4. The Balaban J connectivity index is 1.46. The Morgan fingerprint density at radius 1 is 0.741 bits per heavy atom. The van der Waals surface area contributed by atoms with Gasteiger partial charge in [0.05, 0.1) is 22.8 Å². The molecular weight excluding hydrogens is 332 g/mol. The van der Waals surface area contributed by atoms with Crippen molar-refractivity contribution in [2.75, 3.05) is 10.0 Å². The predicted molar refractivity (Wildman–Crippen MR) is 109 cm³/mol. The molecule has 0 N–H and O–H groups in total. The van der Waals surface area contributed by atoms with Crippen molar-refractivity contribution in [2.45, 2.75) is 31.3 Å². The minimum Gasteiger partial charge on any atom is -0.262 e. The van der Waals surface area contributed by atoms with E-state index in [4.69, 9.17) is 9.97 Å². The molecule has 4 nitrogen and oxygen atoms in total. The van der Waals surface area contributed by atoms with Gasteiger partial charge in [0.1, 0.15) is 0 Å². The summed E-state index contributed by atoms with van der Waals surface area (Å²) in [5, 5.41) is 9.54. The monoisotopic (exact) mass is 350 g/mol. The number of hydrazine groups is 1. The van der Waals surface area contributed by atoms with Crippen LogP contribution in [0.5, 0.6) is 0 Å². The average Bonchev–Trinajstić information content (AvgIpc) is 3.40. The predicted octanol–water partition coefficient (Wildman–Crippen LogP) is 0.829. The molecule has 2 aromatic heterocycles. The smallest absolute Gasteiger partial charge is 0.155 e. The molecule has 0 radical (unpaired) electrons. The van der Waals surface area contributed by atoms with E-state index in [0.717, 1.165) is 41.6 Å². The van der Waals surface area contributed by atoms with Crippen LogP contribution >= 0.6 is 0 Å². The summed E-state index contributed by atoms with van der Waals surface area (Å²) < 4.78 is 0. The summed E-state index contributed by atoms with van der Waals surface area (Å²) in [5.74, 6) is 2.18. The van der Waals surface area contributed by atoms with Crippen LogP contribution < -0.4 is 31.2 Å². The first-order chi connectivity index (χ1) is 13.3. The van der Waals surface area contributed by atoms with Crippen molar-refractivity contribution >= 4 is 48.1 Å². The molecule has 5 heterocycles. The second-order valence-corrected chi connectivity index (χ2v) is 7.92. The van der Waals surface area contributed by atoms with Gasteiger partial charge in [0.25, 0.3) is 0 Å². The minimum atomic E-state index is 0.471. The molecule has 0 spiro atoms. The van der Waals surface area contributed by atoms with Crippen LogP contribution in [0.25, 0.3) is 36.5 Å². The van der Waals surface area contributed by atoms with E-state index >= 15 is 0 Å². The summed E-state index contributed by atoms with van der Waals surface area (Å²) >= 11 is 0. The third-order valence-electron chi connectivity index (χ3n) is 6.36. The van der Waals surface area contributed by atoms with Crippen molar-refractivity contribution in [3.05, 3.63) is 56.5 Å². The number of hydrogen-bond donors (Lipinski definition) is 0. The number of allylic oxidation sites excluding steroid dienone is 2. The maximum absolute atomic E-state index is 5.05. The van der Waals surface area contributed by atoms with E-state index in [-0.39, 0.29) is 0 Å². The fourth-order valence-corrected chi connectivity index (χ4v) is 5.12. The van der Waals surface area contributed by atoms with Crippen molar-refractivity contribution < 1.29 is 0 Å². The number of anilines is 2. The third kappa shape index (κ3) is 1.78.